The van der Waals surface area contributed by atoms with E-state index in [-0.39, 0.29) is 11.7 Å². The Morgan fingerprint density at radius 2 is 1.95 bits per heavy atom. The van der Waals surface area contributed by atoms with Crippen molar-refractivity contribution < 1.29 is 17.7 Å². The van der Waals surface area contributed by atoms with Crippen molar-refractivity contribution in [3.05, 3.63) is 60.4 Å². The molecule has 7 heteroatoms. The van der Waals surface area contributed by atoms with Gasteiger partial charge >= 0.3 is 0 Å². The summed E-state index contributed by atoms with van der Waals surface area (Å²) in [6.07, 6.45) is 1.60. The Labute approximate surface area is 121 Å². The van der Waals surface area contributed by atoms with Gasteiger partial charge in [0.1, 0.15) is 12.2 Å². The van der Waals surface area contributed by atoms with Crippen molar-refractivity contribution in [1.29, 1.82) is 0 Å². The Morgan fingerprint density at radius 3 is 2.71 bits per heavy atom. The smallest absolute Gasteiger partial charge is 0.295 e. The lowest BCUT2D eigenvalue weighted by atomic mass is 10.3. The number of benzene rings is 1. The Hall–Kier alpha value is -2.22. The largest absolute Gasteiger partial charge is 0.443 e. The van der Waals surface area contributed by atoms with Crippen LogP contribution in [0.3, 0.4) is 0 Å². The molecule has 0 spiro atoms. The van der Waals surface area contributed by atoms with E-state index >= 15 is 0 Å². The third-order valence-corrected chi connectivity index (χ3v) is 3.85. The Kier molecular flexibility index (Phi) is 3.70. The molecule has 0 radical (unpaired) electrons. The van der Waals surface area contributed by atoms with Gasteiger partial charge in [-0.15, -0.1) is 0 Å². The molecule has 0 saturated carbocycles. The van der Waals surface area contributed by atoms with Crippen LogP contribution in [0, 0.1) is 0 Å². The highest BCUT2D eigenvalue weighted by atomic mass is 32.2. The number of hydrogen-bond acceptors (Lipinski definition) is 5. The van der Waals surface area contributed by atoms with E-state index in [1.807, 2.05) is 4.89 Å². The first kappa shape index (κ1) is 13.7. The van der Waals surface area contributed by atoms with Gasteiger partial charge in [0.05, 0.1) is 5.69 Å². The standard InChI is InChI=1S/C14H12N2O4S/c17-21(18,16-19-10-12-6-3-4-8-15-12)14-9-11-5-1-2-7-13(11)20-14/h1-9,16H,10H2. The van der Waals surface area contributed by atoms with Gasteiger partial charge < -0.3 is 4.42 Å². The van der Waals surface area contributed by atoms with Gasteiger partial charge in [0.2, 0.25) is 5.09 Å². The van der Waals surface area contributed by atoms with Crippen LogP contribution in [0.4, 0.5) is 0 Å². The molecule has 2 aromatic heterocycles. The van der Waals surface area contributed by atoms with E-state index in [1.54, 1.807) is 48.7 Å². The second kappa shape index (κ2) is 5.65. The highest BCUT2D eigenvalue weighted by Crippen LogP contribution is 2.22. The highest BCUT2D eigenvalue weighted by Gasteiger charge is 2.19. The molecule has 0 bridgehead atoms. The van der Waals surface area contributed by atoms with Gasteiger partial charge in [-0.25, -0.2) is 8.42 Å². The quantitative estimate of drug-likeness (QED) is 0.731. The Morgan fingerprint density at radius 1 is 1.14 bits per heavy atom. The lowest BCUT2D eigenvalue weighted by molar-refractivity contribution is 0.0762. The number of nitrogens with one attached hydrogen (secondary N) is 1. The number of hydrogen-bond donors (Lipinski definition) is 1. The molecular weight excluding hydrogens is 292 g/mol. The predicted octanol–water partition coefficient (Wildman–Crippen LogP) is 2.24. The van der Waals surface area contributed by atoms with E-state index in [9.17, 15) is 8.42 Å². The summed E-state index contributed by atoms with van der Waals surface area (Å²) in [5, 5.41) is 0.521. The number of furan rings is 1. The van der Waals surface area contributed by atoms with E-state index in [0.29, 0.717) is 16.7 Å². The highest BCUT2D eigenvalue weighted by molar-refractivity contribution is 7.89. The minimum absolute atomic E-state index is 0.0281. The number of sulfonamides is 1. The number of fused-ring (bicyclic) bond motifs is 1. The lowest BCUT2D eigenvalue weighted by Crippen LogP contribution is -2.23. The molecule has 1 N–H and O–H groups in total. The molecule has 3 rings (SSSR count). The van der Waals surface area contributed by atoms with Crippen LogP contribution in [-0.4, -0.2) is 13.4 Å². The molecule has 0 fully saturated rings. The molecule has 2 heterocycles. The van der Waals surface area contributed by atoms with Crippen LogP contribution in [0.5, 0.6) is 0 Å². The maximum atomic E-state index is 12.0. The van der Waals surface area contributed by atoms with Crippen molar-refractivity contribution in [2.24, 2.45) is 0 Å². The maximum absolute atomic E-state index is 12.0. The average Bonchev–Trinajstić information content (AvgIpc) is 2.93. The zero-order valence-corrected chi connectivity index (χ0v) is 11.7. The van der Waals surface area contributed by atoms with E-state index in [2.05, 4.69) is 4.98 Å². The van der Waals surface area contributed by atoms with Crippen molar-refractivity contribution in [3.8, 4) is 0 Å². The topological polar surface area (TPSA) is 81.4 Å². The summed E-state index contributed by atoms with van der Waals surface area (Å²) in [7, 11) is -3.86. The van der Waals surface area contributed by atoms with Crippen LogP contribution in [0.15, 0.2) is 64.2 Å². The summed E-state index contributed by atoms with van der Waals surface area (Å²) in [5.74, 6) is 0. The SMILES string of the molecule is O=S(=O)(NOCc1ccccn1)c1cc2ccccc2o1. The molecule has 0 amide bonds. The molecule has 0 aliphatic rings. The fraction of sp³-hybridized carbons (Fsp3) is 0.0714. The van der Waals surface area contributed by atoms with Crippen LogP contribution in [-0.2, 0) is 21.5 Å². The number of para-hydroxylation sites is 1. The van der Waals surface area contributed by atoms with Crippen LogP contribution < -0.4 is 4.89 Å². The minimum atomic E-state index is -3.86. The van der Waals surface area contributed by atoms with Gasteiger partial charge in [-0.2, -0.15) is 0 Å². The zero-order valence-electron chi connectivity index (χ0n) is 10.9. The fourth-order valence-corrected chi connectivity index (χ4v) is 2.57. The maximum Gasteiger partial charge on any atom is 0.295 e. The van der Waals surface area contributed by atoms with Crippen molar-refractivity contribution in [2.45, 2.75) is 11.7 Å². The first-order chi connectivity index (χ1) is 10.1. The third kappa shape index (κ3) is 3.10. The molecule has 0 atom stereocenters. The molecule has 0 aliphatic heterocycles. The molecule has 0 aliphatic carbocycles. The summed E-state index contributed by atoms with van der Waals surface area (Å²) in [5.41, 5.74) is 1.12. The Balaban J connectivity index is 1.71. The van der Waals surface area contributed by atoms with Gasteiger partial charge in [-0.1, -0.05) is 29.2 Å². The average molecular weight is 304 g/mol. The molecule has 1 aromatic carbocycles. The first-order valence-corrected chi connectivity index (χ1v) is 7.65. The van der Waals surface area contributed by atoms with E-state index in [1.165, 1.54) is 6.07 Å². The molecule has 21 heavy (non-hydrogen) atoms. The number of nitrogens with zero attached hydrogens (tertiary/aromatic N) is 1. The molecule has 0 unspecified atom stereocenters. The van der Waals surface area contributed by atoms with Crippen molar-refractivity contribution in [2.75, 3.05) is 0 Å². The number of aromatic nitrogens is 1. The zero-order chi connectivity index (χ0) is 14.7. The van der Waals surface area contributed by atoms with E-state index in [0.717, 1.165) is 0 Å². The molecule has 3 aromatic rings. The molecule has 0 saturated heterocycles. The second-order valence-corrected chi connectivity index (χ2v) is 5.88. The normalized spacial score (nSPS) is 11.8. The van der Waals surface area contributed by atoms with Crippen LogP contribution in [0.25, 0.3) is 11.0 Å². The van der Waals surface area contributed by atoms with Crippen LogP contribution in [0.1, 0.15) is 5.69 Å². The summed E-state index contributed by atoms with van der Waals surface area (Å²) in [4.78, 5) is 11.0. The van der Waals surface area contributed by atoms with Crippen molar-refractivity contribution >= 4 is 21.0 Å². The number of pyridine rings is 1. The molecular formula is C14H12N2O4S. The van der Waals surface area contributed by atoms with Gasteiger partial charge in [0.15, 0.2) is 0 Å². The fourth-order valence-electron chi connectivity index (χ4n) is 1.80. The van der Waals surface area contributed by atoms with Gasteiger partial charge in [0.25, 0.3) is 10.0 Å². The molecule has 108 valence electrons. The van der Waals surface area contributed by atoms with E-state index < -0.39 is 10.0 Å². The van der Waals surface area contributed by atoms with E-state index in [4.69, 9.17) is 9.25 Å². The number of rotatable bonds is 5. The Bertz CT molecular complexity index is 811. The summed E-state index contributed by atoms with van der Waals surface area (Å²) in [6.45, 7) is 0.0281. The summed E-state index contributed by atoms with van der Waals surface area (Å²) >= 11 is 0. The minimum Gasteiger partial charge on any atom is -0.443 e. The van der Waals surface area contributed by atoms with Crippen LogP contribution in [0.2, 0.25) is 0 Å². The first-order valence-electron chi connectivity index (χ1n) is 6.17. The summed E-state index contributed by atoms with van der Waals surface area (Å²) in [6, 6.07) is 13.8. The lowest BCUT2D eigenvalue weighted by Gasteiger charge is -2.04. The van der Waals surface area contributed by atoms with Gasteiger partial charge in [-0.3, -0.25) is 9.82 Å². The molecule has 6 nitrogen and oxygen atoms in total. The third-order valence-electron chi connectivity index (χ3n) is 2.78. The van der Waals surface area contributed by atoms with Crippen molar-refractivity contribution in [3.63, 3.8) is 0 Å². The van der Waals surface area contributed by atoms with Crippen molar-refractivity contribution in [1.82, 2.24) is 9.87 Å². The van der Waals surface area contributed by atoms with Gasteiger partial charge in [0, 0.05) is 17.6 Å². The van der Waals surface area contributed by atoms with Gasteiger partial charge in [-0.05, 0) is 18.2 Å². The summed E-state index contributed by atoms with van der Waals surface area (Å²) < 4.78 is 29.4. The second-order valence-electron chi connectivity index (χ2n) is 4.30. The monoisotopic (exact) mass is 304 g/mol. The predicted molar refractivity (Wildman–Crippen MR) is 75.6 cm³/mol. The van der Waals surface area contributed by atoms with Crippen LogP contribution >= 0.6 is 0 Å².